The highest BCUT2D eigenvalue weighted by molar-refractivity contribution is 7.98. The Hall–Kier alpha value is -1.44. The fourth-order valence-corrected chi connectivity index (χ4v) is 2.91. The molecule has 2 aromatic rings. The molecule has 0 saturated heterocycles. The first-order valence-electron chi connectivity index (χ1n) is 5.54. The predicted molar refractivity (Wildman–Crippen MR) is 71.5 cm³/mol. The quantitative estimate of drug-likeness (QED) is 0.688. The molecule has 8 heteroatoms. The van der Waals surface area contributed by atoms with Gasteiger partial charge >= 0.3 is 0 Å². The van der Waals surface area contributed by atoms with E-state index in [2.05, 4.69) is 10.2 Å². The number of hydrogen-bond acceptors (Lipinski definition) is 6. The van der Waals surface area contributed by atoms with Crippen molar-refractivity contribution in [3.63, 3.8) is 0 Å². The van der Waals surface area contributed by atoms with Crippen LogP contribution in [0.1, 0.15) is 11.1 Å². The maximum Gasteiger partial charge on any atom is 0.209 e. The van der Waals surface area contributed by atoms with Gasteiger partial charge in [0.2, 0.25) is 5.16 Å². The van der Waals surface area contributed by atoms with Gasteiger partial charge in [0.1, 0.15) is 12.1 Å². The van der Waals surface area contributed by atoms with E-state index in [1.807, 2.05) is 12.1 Å². The topological polar surface area (TPSA) is 75.2 Å². The maximum absolute atomic E-state index is 6.10. The van der Waals surface area contributed by atoms with Crippen LogP contribution < -0.4 is 10.6 Å². The molecular formula is C11H11ClN4O2S. The van der Waals surface area contributed by atoms with Crippen molar-refractivity contribution in [2.45, 2.75) is 17.5 Å². The minimum absolute atomic E-state index is 0.263. The lowest BCUT2D eigenvalue weighted by Gasteiger charge is -2.20. The Morgan fingerprint density at radius 1 is 1.47 bits per heavy atom. The van der Waals surface area contributed by atoms with Gasteiger partial charge < -0.3 is 15.3 Å². The molecule has 0 spiro atoms. The molecule has 0 bridgehead atoms. The van der Waals surface area contributed by atoms with Gasteiger partial charge in [0.05, 0.1) is 6.61 Å². The van der Waals surface area contributed by atoms with Crippen molar-refractivity contribution in [2.75, 3.05) is 12.6 Å². The Bertz CT molecular complexity index is 604. The molecule has 3 rings (SSSR count). The zero-order valence-corrected chi connectivity index (χ0v) is 11.4. The van der Waals surface area contributed by atoms with E-state index < -0.39 is 0 Å². The SMILES string of the molecule is Nn1cnnc1SCc1cc(Cl)cc2c1OCOC2. The molecule has 0 aliphatic carbocycles. The molecule has 6 nitrogen and oxygen atoms in total. The summed E-state index contributed by atoms with van der Waals surface area (Å²) in [6, 6.07) is 3.74. The number of rotatable bonds is 3. The molecule has 1 aliphatic heterocycles. The first kappa shape index (κ1) is 12.6. The molecule has 1 aliphatic rings. The Morgan fingerprint density at radius 3 is 3.16 bits per heavy atom. The summed E-state index contributed by atoms with van der Waals surface area (Å²) in [7, 11) is 0. The van der Waals surface area contributed by atoms with Crippen molar-refractivity contribution in [3.8, 4) is 5.75 Å². The molecule has 100 valence electrons. The summed E-state index contributed by atoms with van der Waals surface area (Å²) in [5.41, 5.74) is 1.96. The highest BCUT2D eigenvalue weighted by Gasteiger charge is 2.17. The van der Waals surface area contributed by atoms with Gasteiger partial charge in [-0.1, -0.05) is 23.4 Å². The standard InChI is InChI=1S/C11H11ClN4O2S/c12-9-1-7-3-17-6-18-10(7)8(2-9)4-19-11-15-14-5-16(11)13/h1-2,5H,3-4,6,13H2. The first-order chi connectivity index (χ1) is 9.24. The molecule has 1 aromatic carbocycles. The van der Waals surface area contributed by atoms with Gasteiger partial charge in [-0.3, -0.25) is 0 Å². The van der Waals surface area contributed by atoms with Crippen LogP contribution in [0.4, 0.5) is 0 Å². The molecule has 2 N–H and O–H groups in total. The van der Waals surface area contributed by atoms with Crippen molar-refractivity contribution < 1.29 is 9.47 Å². The van der Waals surface area contributed by atoms with Crippen LogP contribution in [-0.2, 0) is 17.1 Å². The highest BCUT2D eigenvalue weighted by atomic mass is 35.5. The number of benzene rings is 1. The van der Waals surface area contributed by atoms with Crippen molar-refractivity contribution in [1.82, 2.24) is 14.9 Å². The van der Waals surface area contributed by atoms with E-state index in [1.54, 1.807) is 0 Å². The van der Waals surface area contributed by atoms with Crippen LogP contribution in [0.5, 0.6) is 5.75 Å². The Balaban J connectivity index is 1.84. The monoisotopic (exact) mass is 298 g/mol. The molecule has 19 heavy (non-hydrogen) atoms. The lowest BCUT2D eigenvalue weighted by atomic mass is 10.1. The van der Waals surface area contributed by atoms with Gasteiger partial charge in [0.25, 0.3) is 0 Å². The summed E-state index contributed by atoms with van der Waals surface area (Å²) >= 11 is 7.57. The smallest absolute Gasteiger partial charge is 0.209 e. The fraction of sp³-hybridized carbons (Fsp3) is 0.273. The number of thioether (sulfide) groups is 1. The van der Waals surface area contributed by atoms with Crippen molar-refractivity contribution in [3.05, 3.63) is 34.6 Å². The fourth-order valence-electron chi connectivity index (χ4n) is 1.84. The Labute approximate surface area is 118 Å². The summed E-state index contributed by atoms with van der Waals surface area (Å²) in [6.07, 6.45) is 1.46. The third kappa shape index (κ3) is 2.63. The number of nitrogens with zero attached hydrogens (tertiary/aromatic N) is 3. The van der Waals surface area contributed by atoms with Crippen molar-refractivity contribution in [1.29, 1.82) is 0 Å². The molecule has 0 amide bonds. The summed E-state index contributed by atoms with van der Waals surface area (Å²) in [5.74, 6) is 7.16. The number of fused-ring (bicyclic) bond motifs is 1. The van der Waals surface area contributed by atoms with E-state index >= 15 is 0 Å². The second kappa shape index (κ2) is 5.28. The van der Waals surface area contributed by atoms with Crippen LogP contribution in [0.2, 0.25) is 5.02 Å². The van der Waals surface area contributed by atoms with Gasteiger partial charge in [-0.2, -0.15) is 0 Å². The van der Waals surface area contributed by atoms with E-state index in [0.29, 0.717) is 22.5 Å². The Morgan fingerprint density at radius 2 is 2.37 bits per heavy atom. The van der Waals surface area contributed by atoms with Crippen LogP contribution in [0.3, 0.4) is 0 Å². The van der Waals surface area contributed by atoms with Gasteiger partial charge in [0, 0.05) is 21.9 Å². The van der Waals surface area contributed by atoms with Crippen LogP contribution in [0.15, 0.2) is 23.6 Å². The van der Waals surface area contributed by atoms with E-state index in [4.69, 9.17) is 26.9 Å². The van der Waals surface area contributed by atoms with Crippen LogP contribution >= 0.6 is 23.4 Å². The second-order valence-corrected chi connectivity index (χ2v) is 5.35. The third-order valence-electron chi connectivity index (χ3n) is 2.65. The number of halogens is 1. The van der Waals surface area contributed by atoms with Crippen LogP contribution in [0, 0.1) is 0 Å². The summed E-state index contributed by atoms with van der Waals surface area (Å²) in [4.78, 5) is 0. The normalized spacial score (nSPS) is 13.9. The molecule has 0 saturated carbocycles. The summed E-state index contributed by atoms with van der Waals surface area (Å²) < 4.78 is 12.2. The third-order valence-corrected chi connectivity index (χ3v) is 3.87. The summed E-state index contributed by atoms with van der Waals surface area (Å²) in [6.45, 7) is 0.778. The Kier molecular flexibility index (Phi) is 3.50. The molecule has 2 heterocycles. The van der Waals surface area contributed by atoms with E-state index in [1.165, 1.54) is 22.8 Å². The average Bonchev–Trinajstić information content (AvgIpc) is 2.81. The zero-order chi connectivity index (χ0) is 13.2. The van der Waals surface area contributed by atoms with Crippen LogP contribution in [-0.4, -0.2) is 21.7 Å². The number of aromatic nitrogens is 3. The van der Waals surface area contributed by atoms with Crippen LogP contribution in [0.25, 0.3) is 0 Å². The zero-order valence-electron chi connectivity index (χ0n) is 9.88. The lowest BCUT2D eigenvalue weighted by molar-refractivity contribution is -0.0168. The summed E-state index contributed by atoms with van der Waals surface area (Å²) in [5, 5.41) is 8.95. The number of hydrogen-bond donors (Lipinski definition) is 1. The molecule has 0 unspecified atom stereocenters. The molecule has 1 aromatic heterocycles. The van der Waals surface area contributed by atoms with Gasteiger partial charge in [-0.15, -0.1) is 10.2 Å². The second-order valence-electron chi connectivity index (χ2n) is 3.97. The largest absolute Gasteiger partial charge is 0.467 e. The predicted octanol–water partition coefficient (Wildman–Crippen LogP) is 1.80. The van der Waals surface area contributed by atoms with Gasteiger partial charge in [-0.25, -0.2) is 4.68 Å². The number of nitrogens with two attached hydrogens (primary N) is 1. The van der Waals surface area contributed by atoms with Gasteiger partial charge in [0.15, 0.2) is 6.79 Å². The van der Waals surface area contributed by atoms with E-state index in [0.717, 1.165) is 16.9 Å². The average molecular weight is 299 g/mol. The number of ether oxygens (including phenoxy) is 2. The maximum atomic E-state index is 6.10. The van der Waals surface area contributed by atoms with Crippen molar-refractivity contribution >= 4 is 23.4 Å². The minimum atomic E-state index is 0.263. The lowest BCUT2D eigenvalue weighted by Crippen LogP contribution is -2.13. The highest BCUT2D eigenvalue weighted by Crippen LogP contribution is 2.34. The van der Waals surface area contributed by atoms with E-state index in [9.17, 15) is 0 Å². The molecule has 0 atom stereocenters. The minimum Gasteiger partial charge on any atom is -0.467 e. The molecular weight excluding hydrogens is 288 g/mol. The first-order valence-corrected chi connectivity index (χ1v) is 6.90. The van der Waals surface area contributed by atoms with Gasteiger partial charge in [-0.05, 0) is 12.1 Å². The number of nitrogen functional groups attached to an aromatic ring is 1. The van der Waals surface area contributed by atoms with Crippen molar-refractivity contribution in [2.24, 2.45) is 0 Å². The molecule has 0 radical (unpaired) electrons. The van der Waals surface area contributed by atoms with E-state index in [-0.39, 0.29) is 6.79 Å². The molecule has 0 fully saturated rings.